The number of rotatable bonds is 3. The molecular weight excluding hydrogens is 345 g/mol. The first-order valence-corrected chi connectivity index (χ1v) is 6.49. The van der Waals surface area contributed by atoms with Gasteiger partial charge in [-0.05, 0) is 34.1 Å². The van der Waals surface area contributed by atoms with Crippen molar-refractivity contribution in [1.82, 2.24) is 9.78 Å². The molecule has 4 N–H and O–H groups in total. The van der Waals surface area contributed by atoms with E-state index in [0.29, 0.717) is 0 Å². The van der Waals surface area contributed by atoms with Crippen molar-refractivity contribution in [3.63, 3.8) is 0 Å². The van der Waals surface area contributed by atoms with Gasteiger partial charge in [0.25, 0.3) is 5.91 Å². The molecule has 0 saturated heterocycles. The lowest BCUT2D eigenvalue weighted by Gasteiger charge is -2.08. The fraction of sp³-hybridized carbons (Fsp3) is 0.0833. The summed E-state index contributed by atoms with van der Waals surface area (Å²) in [6, 6.07) is 3.87. The zero-order valence-electron chi connectivity index (χ0n) is 10.8. The van der Waals surface area contributed by atoms with E-state index in [0.717, 1.165) is 0 Å². The molecule has 0 aliphatic heterocycles. The molecule has 0 spiro atoms. The topological polar surface area (TPSA) is 106 Å². The number of nitrogens with one attached hydrogen (secondary N) is 1. The summed E-state index contributed by atoms with van der Waals surface area (Å²) in [7, 11) is 1.59. The number of anilines is 1. The Bertz CT molecular complexity index is 728. The molecular formula is C12H11BrFN5O2. The van der Waals surface area contributed by atoms with Gasteiger partial charge in [-0.1, -0.05) is 5.16 Å². The number of oxime groups is 1. The lowest BCUT2D eigenvalue weighted by molar-refractivity contribution is 0.102. The van der Waals surface area contributed by atoms with Crippen LogP contribution in [0, 0.1) is 5.82 Å². The van der Waals surface area contributed by atoms with Crippen molar-refractivity contribution in [2.45, 2.75) is 0 Å². The second-order valence-electron chi connectivity index (χ2n) is 4.10. The maximum Gasteiger partial charge on any atom is 0.256 e. The first kappa shape index (κ1) is 15.0. The maximum absolute atomic E-state index is 13.2. The molecule has 1 aromatic carbocycles. The zero-order chi connectivity index (χ0) is 15.6. The van der Waals surface area contributed by atoms with Crippen molar-refractivity contribution in [3.8, 4) is 0 Å². The highest BCUT2D eigenvalue weighted by atomic mass is 79.9. The number of amides is 1. The first-order valence-electron chi connectivity index (χ1n) is 5.70. The number of aromatic nitrogens is 2. The van der Waals surface area contributed by atoms with E-state index in [4.69, 9.17) is 10.9 Å². The van der Waals surface area contributed by atoms with Gasteiger partial charge in [0.1, 0.15) is 11.6 Å². The third-order valence-electron chi connectivity index (χ3n) is 2.74. The van der Waals surface area contributed by atoms with Crippen LogP contribution in [0.5, 0.6) is 0 Å². The number of amidine groups is 1. The van der Waals surface area contributed by atoms with Crippen LogP contribution in [0.3, 0.4) is 0 Å². The number of carbonyl (C=O) groups excluding carboxylic acids is 1. The van der Waals surface area contributed by atoms with Crippen LogP contribution in [0.1, 0.15) is 15.9 Å². The van der Waals surface area contributed by atoms with Crippen LogP contribution < -0.4 is 11.1 Å². The summed E-state index contributed by atoms with van der Waals surface area (Å²) >= 11 is 3.01. The van der Waals surface area contributed by atoms with Crippen LogP contribution in [0.25, 0.3) is 0 Å². The summed E-state index contributed by atoms with van der Waals surface area (Å²) in [5.41, 5.74) is 6.02. The van der Waals surface area contributed by atoms with Crippen LogP contribution in [-0.4, -0.2) is 26.7 Å². The number of aryl methyl sites for hydroxylation is 1. The molecule has 7 nitrogen and oxygen atoms in total. The van der Waals surface area contributed by atoms with Gasteiger partial charge in [0.05, 0.1) is 16.2 Å². The second kappa shape index (κ2) is 5.92. The smallest absolute Gasteiger partial charge is 0.256 e. The highest BCUT2D eigenvalue weighted by Gasteiger charge is 2.16. The van der Waals surface area contributed by atoms with Gasteiger partial charge in [0.15, 0.2) is 5.84 Å². The van der Waals surface area contributed by atoms with Gasteiger partial charge in [-0.15, -0.1) is 0 Å². The fourth-order valence-corrected chi connectivity index (χ4v) is 2.02. The average Bonchev–Trinajstić information content (AvgIpc) is 2.82. The molecule has 1 amide bonds. The van der Waals surface area contributed by atoms with Crippen LogP contribution in [0.15, 0.2) is 34.0 Å². The van der Waals surface area contributed by atoms with Crippen LogP contribution >= 0.6 is 15.9 Å². The van der Waals surface area contributed by atoms with Crippen LogP contribution in [0.4, 0.5) is 10.2 Å². The average molecular weight is 356 g/mol. The standard InChI is InChI=1S/C12H11BrFN5O2/c1-19-11(7(5-16-19)10(15)18-21)17-12(20)6-2-3-9(14)8(13)4-6/h2-5,21H,1H3,(H2,15,18)(H,17,20). The van der Waals surface area contributed by atoms with E-state index in [1.165, 1.54) is 29.1 Å². The minimum Gasteiger partial charge on any atom is -0.409 e. The van der Waals surface area contributed by atoms with Gasteiger partial charge in [0, 0.05) is 12.6 Å². The maximum atomic E-state index is 13.2. The van der Waals surface area contributed by atoms with Gasteiger partial charge >= 0.3 is 0 Å². The molecule has 21 heavy (non-hydrogen) atoms. The fourth-order valence-electron chi connectivity index (χ4n) is 1.64. The van der Waals surface area contributed by atoms with Crippen molar-refractivity contribution >= 4 is 33.5 Å². The third kappa shape index (κ3) is 3.02. The van der Waals surface area contributed by atoms with Gasteiger partial charge in [0.2, 0.25) is 0 Å². The number of nitrogens with zero attached hydrogens (tertiary/aromatic N) is 3. The molecule has 9 heteroatoms. The number of halogens is 2. The number of benzene rings is 1. The van der Waals surface area contributed by atoms with Crippen molar-refractivity contribution in [2.24, 2.45) is 17.9 Å². The molecule has 1 heterocycles. The minimum atomic E-state index is -0.480. The third-order valence-corrected chi connectivity index (χ3v) is 3.34. The van der Waals surface area contributed by atoms with E-state index in [1.54, 1.807) is 7.05 Å². The van der Waals surface area contributed by atoms with E-state index >= 15 is 0 Å². The number of carbonyl (C=O) groups is 1. The summed E-state index contributed by atoms with van der Waals surface area (Å²) in [6.07, 6.45) is 1.35. The van der Waals surface area contributed by atoms with Crippen LogP contribution in [-0.2, 0) is 7.05 Å². The van der Waals surface area contributed by atoms with E-state index in [1.807, 2.05) is 0 Å². The molecule has 2 aromatic rings. The molecule has 0 radical (unpaired) electrons. The molecule has 0 saturated carbocycles. The van der Waals surface area contributed by atoms with Gasteiger partial charge in [-0.3, -0.25) is 9.48 Å². The van der Waals surface area contributed by atoms with E-state index in [2.05, 4.69) is 31.5 Å². The summed E-state index contributed by atoms with van der Waals surface area (Å²) in [6.45, 7) is 0. The highest BCUT2D eigenvalue weighted by Crippen LogP contribution is 2.19. The van der Waals surface area contributed by atoms with Crippen molar-refractivity contribution in [1.29, 1.82) is 0 Å². The molecule has 1 aromatic heterocycles. The van der Waals surface area contributed by atoms with Crippen molar-refractivity contribution in [3.05, 3.63) is 45.8 Å². The van der Waals surface area contributed by atoms with E-state index in [9.17, 15) is 9.18 Å². The Morgan fingerprint density at radius 2 is 2.29 bits per heavy atom. The Labute approximate surface area is 127 Å². The monoisotopic (exact) mass is 355 g/mol. The highest BCUT2D eigenvalue weighted by molar-refractivity contribution is 9.10. The lowest BCUT2D eigenvalue weighted by atomic mass is 10.2. The second-order valence-corrected chi connectivity index (χ2v) is 4.95. The molecule has 0 atom stereocenters. The minimum absolute atomic E-state index is 0.178. The lowest BCUT2D eigenvalue weighted by Crippen LogP contribution is -2.20. The summed E-state index contributed by atoms with van der Waals surface area (Å²) in [5.74, 6) is -0.870. The zero-order valence-corrected chi connectivity index (χ0v) is 12.4. The predicted octanol–water partition coefficient (Wildman–Crippen LogP) is 1.67. The number of nitrogens with two attached hydrogens (primary N) is 1. The van der Waals surface area contributed by atoms with E-state index < -0.39 is 11.7 Å². The van der Waals surface area contributed by atoms with Crippen LogP contribution in [0.2, 0.25) is 0 Å². The molecule has 110 valence electrons. The molecule has 0 bridgehead atoms. The van der Waals surface area contributed by atoms with Crippen molar-refractivity contribution in [2.75, 3.05) is 5.32 Å². The largest absolute Gasteiger partial charge is 0.409 e. The molecule has 0 fully saturated rings. The predicted molar refractivity (Wildman–Crippen MR) is 77.8 cm³/mol. The van der Waals surface area contributed by atoms with Gasteiger partial charge in [-0.2, -0.15) is 5.10 Å². The number of hydrogen-bond acceptors (Lipinski definition) is 4. The Hall–Kier alpha value is -2.42. The quantitative estimate of drug-likeness (QED) is 0.337. The van der Waals surface area contributed by atoms with Gasteiger partial charge in [-0.25, -0.2) is 4.39 Å². The summed E-state index contributed by atoms with van der Waals surface area (Å²) in [5, 5.41) is 18.1. The number of hydrogen-bond donors (Lipinski definition) is 3. The normalized spacial score (nSPS) is 11.5. The Kier molecular flexibility index (Phi) is 4.22. The van der Waals surface area contributed by atoms with E-state index in [-0.39, 0.29) is 27.3 Å². The SMILES string of the molecule is Cn1ncc(/C(N)=N/O)c1NC(=O)c1ccc(F)c(Br)c1. The first-order chi connectivity index (χ1) is 9.93. The summed E-state index contributed by atoms with van der Waals surface area (Å²) in [4.78, 5) is 12.2. The Morgan fingerprint density at radius 1 is 1.57 bits per heavy atom. The molecule has 0 aliphatic carbocycles. The van der Waals surface area contributed by atoms with Gasteiger partial charge < -0.3 is 16.3 Å². The summed E-state index contributed by atoms with van der Waals surface area (Å²) < 4.78 is 14.7. The Balaban J connectivity index is 2.31. The molecule has 2 rings (SSSR count). The molecule has 0 unspecified atom stereocenters. The molecule has 0 aliphatic rings. The van der Waals surface area contributed by atoms with Crippen molar-refractivity contribution < 1.29 is 14.4 Å². The Morgan fingerprint density at radius 3 is 2.90 bits per heavy atom.